The molecule has 0 bridgehead atoms. The van der Waals surface area contributed by atoms with E-state index in [0.29, 0.717) is 11.1 Å². The second-order valence-electron chi connectivity index (χ2n) is 6.24. The summed E-state index contributed by atoms with van der Waals surface area (Å²) >= 11 is 0. The maximum Gasteiger partial charge on any atom is 0.265 e. The van der Waals surface area contributed by atoms with Crippen LogP contribution in [0.5, 0.6) is 5.75 Å². The maximum absolute atomic E-state index is 12.0. The summed E-state index contributed by atoms with van der Waals surface area (Å²) in [5.41, 5.74) is 3.42. The van der Waals surface area contributed by atoms with E-state index in [1.165, 1.54) is 0 Å². The lowest BCUT2D eigenvalue weighted by Gasteiger charge is -2.06. The third kappa shape index (κ3) is 7.19. The quantitative estimate of drug-likeness (QED) is 0.650. The van der Waals surface area contributed by atoms with E-state index in [9.17, 15) is 9.13 Å². The Balaban J connectivity index is 0.000000223. The highest BCUT2D eigenvalue weighted by Crippen LogP contribution is 2.26. The zero-order valence-corrected chi connectivity index (χ0v) is 17.6. The van der Waals surface area contributed by atoms with Crippen molar-refractivity contribution in [2.75, 3.05) is 0 Å². The zero-order valence-electron chi connectivity index (χ0n) is 15.6. The minimum absolute atomic E-state index is 0.524. The summed E-state index contributed by atoms with van der Waals surface area (Å²) in [6.07, 6.45) is 0. The van der Waals surface area contributed by atoms with Crippen molar-refractivity contribution < 1.29 is 18.5 Å². The lowest BCUT2D eigenvalue weighted by Crippen LogP contribution is -1.99. The van der Waals surface area contributed by atoms with Crippen LogP contribution in [-0.2, 0) is 9.13 Å². The predicted molar refractivity (Wildman–Crippen MR) is 114 cm³/mol. The summed E-state index contributed by atoms with van der Waals surface area (Å²) in [7, 11) is -4.68. The fourth-order valence-electron chi connectivity index (χ4n) is 2.16. The van der Waals surface area contributed by atoms with Crippen molar-refractivity contribution in [3.63, 3.8) is 0 Å². The minimum atomic E-state index is -2.48. The Morgan fingerprint density at radius 2 is 1.00 bits per heavy atom. The van der Waals surface area contributed by atoms with Gasteiger partial charge < -0.3 is 9.42 Å². The molecule has 0 aromatic heterocycles. The Morgan fingerprint density at radius 1 is 0.630 bits per heavy atom. The Morgan fingerprint density at radius 3 is 1.41 bits per heavy atom. The van der Waals surface area contributed by atoms with Gasteiger partial charge in [-0.05, 0) is 57.2 Å². The SMILES string of the molecule is Cc1ccc(O[PH](=O)c2ccc(C)cc2)cc1.Cc1ccc([PH](=O)O)cc1. The van der Waals surface area contributed by atoms with Gasteiger partial charge in [-0.15, -0.1) is 0 Å². The summed E-state index contributed by atoms with van der Waals surface area (Å²) in [4.78, 5) is 8.66. The molecule has 0 aliphatic carbocycles. The standard InChI is InChI=1S/C14H15O2P.C7H9O2P/c1-11-3-7-13(8-4-11)16-17(15)14-9-5-12(2)6-10-14;1-6-2-4-7(5-3-6)10(8)9/h3-10,17H,1-2H3;2-5,10H,1H3,(H,8,9). The van der Waals surface area contributed by atoms with E-state index in [1.54, 1.807) is 12.1 Å². The summed E-state index contributed by atoms with van der Waals surface area (Å²) in [5, 5.41) is 1.27. The van der Waals surface area contributed by atoms with E-state index < -0.39 is 16.1 Å². The van der Waals surface area contributed by atoms with Crippen molar-refractivity contribution in [1.82, 2.24) is 0 Å². The molecule has 0 spiro atoms. The van der Waals surface area contributed by atoms with Crippen LogP contribution in [0.3, 0.4) is 0 Å². The van der Waals surface area contributed by atoms with E-state index in [0.717, 1.165) is 22.0 Å². The van der Waals surface area contributed by atoms with Crippen molar-refractivity contribution in [3.05, 3.63) is 89.5 Å². The van der Waals surface area contributed by atoms with Crippen LogP contribution in [0.2, 0.25) is 0 Å². The average Bonchev–Trinajstić information content (AvgIpc) is 2.65. The summed E-state index contributed by atoms with van der Waals surface area (Å²) in [6, 6.07) is 22.2. The third-order valence-electron chi connectivity index (χ3n) is 3.82. The van der Waals surface area contributed by atoms with Gasteiger partial charge in [-0.25, -0.2) is 0 Å². The number of hydrogen-bond acceptors (Lipinski definition) is 3. The van der Waals surface area contributed by atoms with Gasteiger partial charge in [0.25, 0.3) is 8.03 Å². The van der Waals surface area contributed by atoms with Crippen LogP contribution in [0.15, 0.2) is 72.8 Å². The van der Waals surface area contributed by atoms with Gasteiger partial charge in [-0.1, -0.05) is 53.1 Å². The normalized spacial score (nSPS) is 12.4. The van der Waals surface area contributed by atoms with Crippen LogP contribution in [0.25, 0.3) is 0 Å². The molecule has 0 aliphatic rings. The minimum Gasteiger partial charge on any atom is -0.442 e. The molecule has 27 heavy (non-hydrogen) atoms. The monoisotopic (exact) mass is 402 g/mol. The Labute approximate surface area is 161 Å². The van der Waals surface area contributed by atoms with Crippen LogP contribution in [0.1, 0.15) is 16.7 Å². The number of benzene rings is 3. The second kappa shape index (κ2) is 10.3. The largest absolute Gasteiger partial charge is 0.442 e. The first-order valence-corrected chi connectivity index (χ1v) is 11.2. The molecule has 0 heterocycles. The summed E-state index contributed by atoms with van der Waals surface area (Å²) < 4.78 is 27.9. The Hall–Kier alpha value is -2.12. The Kier molecular flexibility index (Phi) is 8.06. The molecule has 4 nitrogen and oxygen atoms in total. The predicted octanol–water partition coefficient (Wildman–Crippen LogP) is 4.57. The molecular formula is C21H24O4P2. The van der Waals surface area contributed by atoms with Crippen LogP contribution >= 0.6 is 16.1 Å². The molecule has 0 fully saturated rings. The molecule has 3 rings (SSSR count). The molecule has 0 radical (unpaired) electrons. The molecule has 0 saturated carbocycles. The van der Waals surface area contributed by atoms with Gasteiger partial charge in [0.05, 0.1) is 0 Å². The van der Waals surface area contributed by atoms with E-state index in [2.05, 4.69) is 0 Å². The van der Waals surface area contributed by atoms with Crippen molar-refractivity contribution in [2.45, 2.75) is 20.8 Å². The van der Waals surface area contributed by atoms with Gasteiger partial charge in [-0.2, -0.15) is 0 Å². The van der Waals surface area contributed by atoms with E-state index >= 15 is 0 Å². The van der Waals surface area contributed by atoms with Gasteiger partial charge in [0.1, 0.15) is 5.75 Å². The lowest BCUT2D eigenvalue weighted by atomic mass is 10.2. The maximum atomic E-state index is 12.0. The molecule has 3 aromatic rings. The highest BCUT2D eigenvalue weighted by molar-refractivity contribution is 7.48. The molecule has 3 aromatic carbocycles. The fraction of sp³-hybridized carbons (Fsp3) is 0.143. The van der Waals surface area contributed by atoms with Gasteiger partial charge >= 0.3 is 0 Å². The van der Waals surface area contributed by atoms with E-state index in [1.807, 2.05) is 81.4 Å². The highest BCUT2D eigenvalue weighted by atomic mass is 31.1. The average molecular weight is 402 g/mol. The first-order chi connectivity index (χ1) is 12.8. The molecule has 0 saturated heterocycles. The number of rotatable bonds is 4. The first-order valence-electron chi connectivity index (χ1n) is 8.50. The van der Waals surface area contributed by atoms with Gasteiger partial charge in [-0.3, -0.25) is 9.13 Å². The van der Waals surface area contributed by atoms with Crippen molar-refractivity contribution in [3.8, 4) is 5.75 Å². The molecule has 6 heteroatoms. The van der Waals surface area contributed by atoms with Crippen LogP contribution in [0, 0.1) is 20.8 Å². The van der Waals surface area contributed by atoms with Gasteiger partial charge in [0.15, 0.2) is 0 Å². The number of aryl methyl sites for hydroxylation is 3. The van der Waals surface area contributed by atoms with Crippen molar-refractivity contribution in [1.29, 1.82) is 0 Å². The smallest absolute Gasteiger partial charge is 0.265 e. The van der Waals surface area contributed by atoms with E-state index in [-0.39, 0.29) is 0 Å². The molecule has 1 N–H and O–H groups in total. The Bertz CT molecular complexity index is 902. The number of hydrogen-bond donors (Lipinski definition) is 1. The van der Waals surface area contributed by atoms with Crippen LogP contribution < -0.4 is 15.1 Å². The van der Waals surface area contributed by atoms with E-state index in [4.69, 9.17) is 9.42 Å². The second-order valence-corrected chi connectivity index (χ2v) is 8.78. The molecule has 2 atom stereocenters. The topological polar surface area (TPSA) is 63.6 Å². The molecular weight excluding hydrogens is 378 g/mol. The van der Waals surface area contributed by atoms with Crippen molar-refractivity contribution in [2.24, 2.45) is 0 Å². The molecule has 0 amide bonds. The van der Waals surface area contributed by atoms with Gasteiger partial charge in [0.2, 0.25) is 8.03 Å². The van der Waals surface area contributed by atoms with Crippen LogP contribution in [-0.4, -0.2) is 4.89 Å². The first kappa shape index (κ1) is 21.2. The fourth-order valence-corrected chi connectivity index (χ4v) is 3.52. The summed E-state index contributed by atoms with van der Waals surface area (Å²) in [5.74, 6) is 0.653. The lowest BCUT2D eigenvalue weighted by molar-refractivity contribution is 0.512. The molecule has 2 unspecified atom stereocenters. The third-order valence-corrected chi connectivity index (χ3v) is 5.87. The molecule has 142 valence electrons. The highest BCUT2D eigenvalue weighted by Gasteiger charge is 2.04. The molecule has 0 aliphatic heterocycles. The van der Waals surface area contributed by atoms with Crippen molar-refractivity contribution >= 4 is 26.7 Å². The van der Waals surface area contributed by atoms with Gasteiger partial charge in [0, 0.05) is 10.6 Å². The summed E-state index contributed by atoms with van der Waals surface area (Å²) in [6.45, 7) is 5.95. The zero-order chi connectivity index (χ0) is 19.8. The van der Waals surface area contributed by atoms with Crippen LogP contribution in [0.4, 0.5) is 0 Å².